The Morgan fingerprint density at radius 1 is 1.17 bits per heavy atom. The molecule has 160 valence electrons. The van der Waals surface area contributed by atoms with Crippen molar-refractivity contribution in [3.8, 4) is 11.4 Å². The van der Waals surface area contributed by atoms with Gasteiger partial charge < -0.3 is 20.1 Å². The molecule has 0 aliphatic heterocycles. The molecule has 30 heavy (non-hydrogen) atoms. The third-order valence-corrected chi connectivity index (χ3v) is 5.15. The first-order valence-corrected chi connectivity index (χ1v) is 10.6. The first kappa shape index (κ1) is 21.5. The summed E-state index contributed by atoms with van der Waals surface area (Å²) in [5.74, 6) is 1.54. The standard InChI is InChI=1S/C22H31N7O/c1-6-13-29(15(4)7-2)21-18-20(24-14-28(18)5)26-19(27-21)16-9-11-17(12-10-16)25-22(30)23-8-3/h9-12,14-15H,6-8,13H2,1-5H3,(H2,23,25,30). The number of hydrogen-bond acceptors (Lipinski definition) is 5. The topological polar surface area (TPSA) is 88.0 Å². The Balaban J connectivity index is 2.02. The normalized spacial score (nSPS) is 12.0. The largest absolute Gasteiger partial charge is 0.352 e. The minimum Gasteiger partial charge on any atom is -0.352 e. The van der Waals surface area contributed by atoms with E-state index in [4.69, 9.17) is 9.97 Å². The average molecular weight is 410 g/mol. The third kappa shape index (κ3) is 4.53. The van der Waals surface area contributed by atoms with Gasteiger partial charge in [0.05, 0.1) is 6.33 Å². The van der Waals surface area contributed by atoms with Crippen LogP contribution in [0.1, 0.15) is 40.5 Å². The van der Waals surface area contributed by atoms with Crippen molar-refractivity contribution in [2.24, 2.45) is 7.05 Å². The number of amides is 2. The Labute approximate surface area is 177 Å². The van der Waals surface area contributed by atoms with E-state index in [0.717, 1.165) is 42.0 Å². The van der Waals surface area contributed by atoms with Crippen LogP contribution >= 0.6 is 0 Å². The lowest BCUT2D eigenvalue weighted by Gasteiger charge is -2.30. The molecule has 2 amide bonds. The molecule has 0 bridgehead atoms. The zero-order chi connectivity index (χ0) is 21.7. The number of carbonyl (C=O) groups excluding carboxylic acids is 1. The van der Waals surface area contributed by atoms with E-state index < -0.39 is 0 Å². The Morgan fingerprint density at radius 3 is 2.53 bits per heavy atom. The Kier molecular flexibility index (Phi) is 6.87. The number of rotatable bonds is 8. The fraction of sp³-hybridized carbons (Fsp3) is 0.455. The SMILES string of the molecule is CCCN(c1nc(-c2ccc(NC(=O)NCC)cc2)nc2ncn(C)c12)C(C)CC. The van der Waals surface area contributed by atoms with Crippen LogP contribution in [0.2, 0.25) is 0 Å². The first-order chi connectivity index (χ1) is 14.5. The van der Waals surface area contributed by atoms with Crippen LogP contribution in [0, 0.1) is 0 Å². The maximum absolute atomic E-state index is 11.7. The highest BCUT2D eigenvalue weighted by atomic mass is 16.2. The molecule has 0 fully saturated rings. The molecular weight excluding hydrogens is 378 g/mol. The lowest BCUT2D eigenvalue weighted by atomic mass is 10.1. The zero-order valence-corrected chi connectivity index (χ0v) is 18.4. The average Bonchev–Trinajstić information content (AvgIpc) is 3.12. The molecule has 1 atom stereocenters. The molecule has 0 spiro atoms. The predicted octanol–water partition coefficient (Wildman–Crippen LogP) is 4.19. The second-order valence-electron chi connectivity index (χ2n) is 7.41. The van der Waals surface area contributed by atoms with Gasteiger partial charge in [-0.05, 0) is 51.0 Å². The number of fused-ring (bicyclic) bond motifs is 1. The summed E-state index contributed by atoms with van der Waals surface area (Å²) in [6, 6.07) is 7.69. The molecule has 3 aromatic rings. The van der Waals surface area contributed by atoms with Gasteiger partial charge in [-0.25, -0.2) is 19.7 Å². The highest BCUT2D eigenvalue weighted by Crippen LogP contribution is 2.29. The van der Waals surface area contributed by atoms with Crippen LogP contribution in [-0.4, -0.2) is 44.7 Å². The van der Waals surface area contributed by atoms with Gasteiger partial charge in [-0.3, -0.25) is 0 Å². The molecule has 2 heterocycles. The maximum Gasteiger partial charge on any atom is 0.319 e. The summed E-state index contributed by atoms with van der Waals surface area (Å²) in [4.78, 5) is 28.2. The Hall–Kier alpha value is -3.16. The van der Waals surface area contributed by atoms with E-state index in [1.165, 1.54) is 0 Å². The number of carbonyl (C=O) groups is 1. The summed E-state index contributed by atoms with van der Waals surface area (Å²) in [5.41, 5.74) is 3.23. The molecule has 0 saturated carbocycles. The highest BCUT2D eigenvalue weighted by Gasteiger charge is 2.21. The number of aryl methyl sites for hydroxylation is 1. The zero-order valence-electron chi connectivity index (χ0n) is 18.4. The fourth-order valence-corrected chi connectivity index (χ4v) is 3.40. The minimum atomic E-state index is -0.220. The van der Waals surface area contributed by atoms with Gasteiger partial charge in [-0.15, -0.1) is 0 Å². The molecule has 0 aliphatic carbocycles. The van der Waals surface area contributed by atoms with Crippen molar-refractivity contribution in [3.05, 3.63) is 30.6 Å². The maximum atomic E-state index is 11.7. The highest BCUT2D eigenvalue weighted by molar-refractivity contribution is 5.90. The van der Waals surface area contributed by atoms with Crippen molar-refractivity contribution in [2.45, 2.75) is 46.6 Å². The van der Waals surface area contributed by atoms with Crippen LogP contribution in [0.15, 0.2) is 30.6 Å². The van der Waals surface area contributed by atoms with Crippen LogP contribution in [0.25, 0.3) is 22.6 Å². The van der Waals surface area contributed by atoms with E-state index in [0.29, 0.717) is 24.1 Å². The van der Waals surface area contributed by atoms with Crippen molar-refractivity contribution in [2.75, 3.05) is 23.3 Å². The number of nitrogens with one attached hydrogen (secondary N) is 2. The van der Waals surface area contributed by atoms with Gasteiger partial charge in [0.15, 0.2) is 17.3 Å². The van der Waals surface area contributed by atoms with E-state index in [-0.39, 0.29) is 6.03 Å². The summed E-state index contributed by atoms with van der Waals surface area (Å²) in [6.45, 7) is 9.97. The number of hydrogen-bond donors (Lipinski definition) is 2. The second kappa shape index (κ2) is 9.56. The van der Waals surface area contributed by atoms with Crippen LogP contribution in [0.5, 0.6) is 0 Å². The van der Waals surface area contributed by atoms with Crippen LogP contribution in [0.3, 0.4) is 0 Å². The van der Waals surface area contributed by atoms with Crippen molar-refractivity contribution < 1.29 is 4.79 Å². The van der Waals surface area contributed by atoms with E-state index in [1.807, 2.05) is 42.8 Å². The molecule has 8 heteroatoms. The molecule has 3 rings (SSSR count). The van der Waals surface area contributed by atoms with E-state index >= 15 is 0 Å². The lowest BCUT2D eigenvalue weighted by Crippen LogP contribution is -2.34. The summed E-state index contributed by atoms with van der Waals surface area (Å²) in [5, 5.41) is 5.53. The third-order valence-electron chi connectivity index (χ3n) is 5.15. The number of benzene rings is 1. The summed E-state index contributed by atoms with van der Waals surface area (Å²) >= 11 is 0. The van der Waals surface area contributed by atoms with E-state index in [1.54, 1.807) is 6.33 Å². The van der Waals surface area contributed by atoms with Crippen molar-refractivity contribution >= 4 is 28.7 Å². The quantitative estimate of drug-likeness (QED) is 0.582. The van der Waals surface area contributed by atoms with Crippen molar-refractivity contribution in [1.29, 1.82) is 0 Å². The number of aromatic nitrogens is 4. The molecule has 1 aromatic carbocycles. The first-order valence-electron chi connectivity index (χ1n) is 10.6. The van der Waals surface area contributed by atoms with Crippen molar-refractivity contribution in [1.82, 2.24) is 24.8 Å². The summed E-state index contributed by atoms with van der Waals surface area (Å²) in [6.07, 6.45) is 3.84. The number of nitrogens with zero attached hydrogens (tertiary/aromatic N) is 5. The fourth-order valence-electron chi connectivity index (χ4n) is 3.40. The van der Waals surface area contributed by atoms with Gasteiger partial charge in [-0.2, -0.15) is 0 Å². The molecule has 2 aromatic heterocycles. The molecule has 0 saturated heterocycles. The minimum absolute atomic E-state index is 0.220. The Bertz CT molecular complexity index is 997. The molecule has 0 aliphatic rings. The van der Waals surface area contributed by atoms with Crippen LogP contribution in [0.4, 0.5) is 16.3 Å². The number of imidazole rings is 1. The van der Waals surface area contributed by atoms with Gasteiger partial charge in [0.2, 0.25) is 0 Å². The van der Waals surface area contributed by atoms with Crippen LogP contribution in [-0.2, 0) is 7.05 Å². The predicted molar refractivity (Wildman–Crippen MR) is 122 cm³/mol. The smallest absolute Gasteiger partial charge is 0.319 e. The van der Waals surface area contributed by atoms with Gasteiger partial charge in [0, 0.05) is 37.4 Å². The summed E-state index contributed by atoms with van der Waals surface area (Å²) < 4.78 is 1.98. The number of urea groups is 1. The van der Waals surface area contributed by atoms with Gasteiger partial charge in [0.1, 0.15) is 5.52 Å². The summed E-state index contributed by atoms with van der Waals surface area (Å²) in [7, 11) is 1.98. The molecular formula is C22H31N7O. The molecule has 2 N–H and O–H groups in total. The molecule has 1 unspecified atom stereocenters. The number of anilines is 2. The van der Waals surface area contributed by atoms with Crippen molar-refractivity contribution in [3.63, 3.8) is 0 Å². The monoisotopic (exact) mass is 409 g/mol. The molecule has 8 nitrogen and oxygen atoms in total. The lowest BCUT2D eigenvalue weighted by molar-refractivity contribution is 0.252. The van der Waals surface area contributed by atoms with Gasteiger partial charge in [-0.1, -0.05) is 13.8 Å². The molecule has 0 radical (unpaired) electrons. The van der Waals surface area contributed by atoms with Gasteiger partial charge >= 0.3 is 6.03 Å². The van der Waals surface area contributed by atoms with E-state index in [2.05, 4.69) is 41.3 Å². The Morgan fingerprint density at radius 2 is 1.90 bits per heavy atom. The van der Waals surface area contributed by atoms with E-state index in [9.17, 15) is 4.79 Å². The van der Waals surface area contributed by atoms with Gasteiger partial charge in [0.25, 0.3) is 0 Å². The second-order valence-corrected chi connectivity index (χ2v) is 7.41. The van der Waals surface area contributed by atoms with Crippen LogP contribution < -0.4 is 15.5 Å².